The summed E-state index contributed by atoms with van der Waals surface area (Å²) in [6.45, 7) is 5.01. The van der Waals surface area contributed by atoms with E-state index in [-0.39, 0.29) is 5.56 Å². The normalized spacial score (nSPS) is 12.8. The van der Waals surface area contributed by atoms with Gasteiger partial charge in [-0.15, -0.1) is 0 Å². The van der Waals surface area contributed by atoms with Gasteiger partial charge in [0.05, 0.1) is 6.33 Å². The number of rotatable bonds is 3. The van der Waals surface area contributed by atoms with Crippen LogP contribution < -0.4 is 5.56 Å². The van der Waals surface area contributed by atoms with Gasteiger partial charge in [0.25, 0.3) is 5.56 Å². The highest BCUT2D eigenvalue weighted by Gasteiger charge is 2.00. The van der Waals surface area contributed by atoms with Gasteiger partial charge in [-0.2, -0.15) is 0 Å². The monoisotopic (exact) mass is 166 g/mol. The highest BCUT2D eigenvalue weighted by Crippen LogP contribution is 2.01. The molecule has 0 amide bonds. The Labute approximate surface area is 72.1 Å². The van der Waals surface area contributed by atoms with Crippen molar-refractivity contribution in [2.45, 2.75) is 26.8 Å². The minimum atomic E-state index is 0.0327. The van der Waals surface area contributed by atoms with Crippen molar-refractivity contribution in [2.75, 3.05) is 0 Å². The Morgan fingerprint density at radius 3 is 3.00 bits per heavy atom. The van der Waals surface area contributed by atoms with Gasteiger partial charge in [-0.3, -0.25) is 9.36 Å². The van der Waals surface area contributed by atoms with Crippen molar-refractivity contribution in [3.05, 3.63) is 28.9 Å². The first-order chi connectivity index (χ1) is 5.74. The van der Waals surface area contributed by atoms with E-state index in [2.05, 4.69) is 18.8 Å². The van der Waals surface area contributed by atoms with E-state index in [1.54, 1.807) is 10.9 Å². The predicted molar refractivity (Wildman–Crippen MR) is 48.0 cm³/mol. The number of hydrogen-bond donors (Lipinski definition) is 0. The molecule has 0 N–H and O–H groups in total. The van der Waals surface area contributed by atoms with Crippen LogP contribution in [0, 0.1) is 5.92 Å². The van der Waals surface area contributed by atoms with E-state index in [9.17, 15) is 4.79 Å². The Kier molecular flexibility index (Phi) is 3.02. The molecule has 3 heteroatoms. The van der Waals surface area contributed by atoms with Crippen LogP contribution in [0.1, 0.15) is 20.3 Å². The van der Waals surface area contributed by atoms with Gasteiger partial charge < -0.3 is 0 Å². The summed E-state index contributed by atoms with van der Waals surface area (Å²) < 4.78 is 1.65. The predicted octanol–water partition coefficient (Wildman–Crippen LogP) is 1.29. The Balaban J connectivity index is 2.76. The summed E-state index contributed by atoms with van der Waals surface area (Å²) in [5.74, 6) is 0.534. The minimum absolute atomic E-state index is 0.0327. The molecule has 0 aliphatic heterocycles. The van der Waals surface area contributed by atoms with E-state index in [0.717, 1.165) is 13.0 Å². The molecule has 1 aromatic rings. The molecule has 1 aromatic heterocycles. The highest BCUT2D eigenvalue weighted by molar-refractivity contribution is 4.82. The van der Waals surface area contributed by atoms with Crippen LogP contribution in [0.25, 0.3) is 0 Å². The number of aromatic nitrogens is 2. The second kappa shape index (κ2) is 4.04. The van der Waals surface area contributed by atoms with E-state index < -0.39 is 0 Å². The van der Waals surface area contributed by atoms with Gasteiger partial charge in [0.1, 0.15) is 0 Å². The fourth-order valence-corrected chi connectivity index (χ4v) is 0.980. The molecule has 1 heterocycles. The Morgan fingerprint density at radius 1 is 1.67 bits per heavy atom. The molecule has 0 aliphatic carbocycles. The van der Waals surface area contributed by atoms with Crippen molar-refractivity contribution >= 4 is 0 Å². The molecule has 66 valence electrons. The highest BCUT2D eigenvalue weighted by atomic mass is 16.1. The van der Waals surface area contributed by atoms with Gasteiger partial charge in [0.15, 0.2) is 0 Å². The van der Waals surface area contributed by atoms with E-state index in [1.165, 1.54) is 12.3 Å². The third kappa shape index (κ3) is 2.19. The fourth-order valence-electron chi connectivity index (χ4n) is 0.980. The molecule has 3 nitrogen and oxygen atoms in total. The number of nitrogens with zero attached hydrogens (tertiary/aromatic N) is 2. The van der Waals surface area contributed by atoms with Gasteiger partial charge in [0, 0.05) is 18.8 Å². The first-order valence-electron chi connectivity index (χ1n) is 4.24. The van der Waals surface area contributed by atoms with Gasteiger partial charge in [-0.05, 0) is 5.92 Å². The lowest BCUT2D eigenvalue weighted by molar-refractivity contribution is 0.456. The zero-order chi connectivity index (χ0) is 8.97. The van der Waals surface area contributed by atoms with E-state index in [4.69, 9.17) is 0 Å². The van der Waals surface area contributed by atoms with Crippen molar-refractivity contribution in [3.8, 4) is 0 Å². The standard InChI is InChI=1S/C9H14N2O/c1-3-8(2)6-11-7-10-5-4-9(11)12/h4-5,7-8H,3,6H2,1-2H3. The van der Waals surface area contributed by atoms with Crippen LogP contribution in [-0.2, 0) is 6.54 Å². The van der Waals surface area contributed by atoms with Gasteiger partial charge >= 0.3 is 0 Å². The van der Waals surface area contributed by atoms with Crippen molar-refractivity contribution in [2.24, 2.45) is 5.92 Å². The molecular formula is C9H14N2O. The van der Waals surface area contributed by atoms with Crippen LogP contribution >= 0.6 is 0 Å². The lowest BCUT2D eigenvalue weighted by Gasteiger charge is -2.09. The average molecular weight is 166 g/mol. The molecule has 0 radical (unpaired) electrons. The lowest BCUT2D eigenvalue weighted by Crippen LogP contribution is -2.21. The Morgan fingerprint density at radius 2 is 2.42 bits per heavy atom. The fraction of sp³-hybridized carbons (Fsp3) is 0.556. The summed E-state index contributed by atoms with van der Waals surface area (Å²) in [6, 6.07) is 1.49. The molecule has 0 aromatic carbocycles. The molecule has 1 unspecified atom stereocenters. The topological polar surface area (TPSA) is 34.9 Å². The van der Waals surface area contributed by atoms with Crippen molar-refractivity contribution in [3.63, 3.8) is 0 Å². The molecule has 0 aliphatic rings. The molecule has 0 saturated heterocycles. The third-order valence-electron chi connectivity index (χ3n) is 2.00. The second-order valence-corrected chi connectivity index (χ2v) is 3.08. The minimum Gasteiger partial charge on any atom is -0.299 e. The maximum Gasteiger partial charge on any atom is 0.253 e. The first kappa shape index (κ1) is 8.97. The van der Waals surface area contributed by atoms with E-state index >= 15 is 0 Å². The number of hydrogen-bond acceptors (Lipinski definition) is 2. The first-order valence-corrected chi connectivity index (χ1v) is 4.24. The van der Waals surface area contributed by atoms with Crippen LogP contribution in [0.3, 0.4) is 0 Å². The largest absolute Gasteiger partial charge is 0.299 e. The van der Waals surface area contributed by atoms with Gasteiger partial charge in [0.2, 0.25) is 0 Å². The van der Waals surface area contributed by atoms with Crippen LogP contribution in [0.5, 0.6) is 0 Å². The molecule has 12 heavy (non-hydrogen) atoms. The van der Waals surface area contributed by atoms with Crippen LogP contribution in [0.4, 0.5) is 0 Å². The summed E-state index contributed by atoms with van der Waals surface area (Å²) in [5, 5.41) is 0. The van der Waals surface area contributed by atoms with Crippen LogP contribution in [0.15, 0.2) is 23.4 Å². The Hall–Kier alpha value is -1.12. The summed E-state index contributed by atoms with van der Waals surface area (Å²) in [5.41, 5.74) is 0.0327. The molecule has 0 spiro atoms. The summed E-state index contributed by atoms with van der Waals surface area (Å²) in [4.78, 5) is 15.1. The van der Waals surface area contributed by atoms with Gasteiger partial charge in [-0.1, -0.05) is 20.3 Å². The summed E-state index contributed by atoms with van der Waals surface area (Å²) in [6.07, 6.45) is 4.20. The summed E-state index contributed by atoms with van der Waals surface area (Å²) in [7, 11) is 0. The second-order valence-electron chi connectivity index (χ2n) is 3.08. The molecule has 1 rings (SSSR count). The molecular weight excluding hydrogens is 152 g/mol. The van der Waals surface area contributed by atoms with E-state index in [1.807, 2.05) is 0 Å². The zero-order valence-electron chi connectivity index (χ0n) is 7.53. The summed E-state index contributed by atoms with van der Waals surface area (Å²) >= 11 is 0. The van der Waals surface area contributed by atoms with Gasteiger partial charge in [-0.25, -0.2) is 4.98 Å². The third-order valence-corrected chi connectivity index (χ3v) is 2.00. The van der Waals surface area contributed by atoms with Crippen LogP contribution in [0.2, 0.25) is 0 Å². The molecule has 0 fully saturated rings. The van der Waals surface area contributed by atoms with Crippen molar-refractivity contribution in [1.82, 2.24) is 9.55 Å². The average Bonchev–Trinajstić information content (AvgIpc) is 2.09. The zero-order valence-corrected chi connectivity index (χ0v) is 7.53. The SMILES string of the molecule is CCC(C)Cn1cnccc1=O. The van der Waals surface area contributed by atoms with Crippen molar-refractivity contribution in [1.29, 1.82) is 0 Å². The molecule has 0 saturated carbocycles. The van der Waals surface area contributed by atoms with E-state index in [0.29, 0.717) is 5.92 Å². The quantitative estimate of drug-likeness (QED) is 0.678. The Bertz CT molecular complexity index is 293. The molecule has 1 atom stereocenters. The molecule has 0 bridgehead atoms. The smallest absolute Gasteiger partial charge is 0.253 e. The van der Waals surface area contributed by atoms with Crippen LogP contribution in [-0.4, -0.2) is 9.55 Å². The van der Waals surface area contributed by atoms with Crippen molar-refractivity contribution < 1.29 is 0 Å². The lowest BCUT2D eigenvalue weighted by atomic mass is 10.1. The maximum absolute atomic E-state index is 11.2. The maximum atomic E-state index is 11.2.